The van der Waals surface area contributed by atoms with Gasteiger partial charge in [-0.05, 0) is 87.0 Å². The molecule has 45 heavy (non-hydrogen) atoms. The largest absolute Gasteiger partial charge is 0.456 e. The van der Waals surface area contributed by atoms with Crippen LogP contribution in [0.3, 0.4) is 0 Å². The van der Waals surface area contributed by atoms with Crippen molar-refractivity contribution >= 4 is 34.7 Å². The van der Waals surface area contributed by atoms with Gasteiger partial charge < -0.3 is 14.2 Å². The zero-order valence-corrected chi connectivity index (χ0v) is 26.3. The van der Waals surface area contributed by atoms with Crippen molar-refractivity contribution in [2.75, 3.05) is 20.1 Å². The van der Waals surface area contributed by atoms with Gasteiger partial charge in [-0.15, -0.1) is 5.06 Å². The summed E-state index contributed by atoms with van der Waals surface area (Å²) in [4.78, 5) is 60.7. The Balaban J connectivity index is 1.50. The smallest absolute Gasteiger partial charge is 0.333 e. The Morgan fingerprint density at radius 1 is 0.956 bits per heavy atom. The summed E-state index contributed by atoms with van der Waals surface area (Å²) < 4.78 is 41.4. The fourth-order valence-corrected chi connectivity index (χ4v) is 5.45. The molecule has 3 aliphatic rings. The standard InChI is InChI=1S/C36H39N3O6/c1-6-37-29-21-31-28(19-24(29)4)35(27-18-22(2)23(3)20-30(27)44-31)25-12-9-10-13-26(25)36(43)38(5)17-11-7-8-14-34(42)45-39-32(40)15-16-33(39)41/h9-10,12-13,18-21H,6-8,11,14-17H2,1-5H3/b37-29-/i9D,10D,12D,13D. The molecule has 2 heterocycles. The van der Waals surface area contributed by atoms with Gasteiger partial charge >= 0.3 is 5.97 Å². The van der Waals surface area contributed by atoms with Crippen molar-refractivity contribution in [1.82, 2.24) is 9.96 Å². The molecule has 1 fully saturated rings. The number of fused-ring (bicyclic) bond motifs is 2. The zero-order valence-electron chi connectivity index (χ0n) is 30.3. The minimum atomic E-state index is -0.692. The molecule has 9 nitrogen and oxygen atoms in total. The molecule has 0 aromatic heterocycles. The molecule has 1 aliphatic carbocycles. The summed E-state index contributed by atoms with van der Waals surface area (Å²) in [6.07, 6.45) is 1.41. The summed E-state index contributed by atoms with van der Waals surface area (Å²) in [6, 6.07) is 5.77. The van der Waals surface area contributed by atoms with E-state index in [1.54, 1.807) is 7.05 Å². The third-order valence-electron chi connectivity index (χ3n) is 8.05. The van der Waals surface area contributed by atoms with Crippen LogP contribution in [0.5, 0.6) is 0 Å². The molecule has 5 rings (SSSR count). The van der Waals surface area contributed by atoms with Crippen molar-refractivity contribution in [3.63, 3.8) is 0 Å². The first-order valence-electron chi connectivity index (χ1n) is 17.2. The highest BCUT2D eigenvalue weighted by molar-refractivity contribution is 6.09. The van der Waals surface area contributed by atoms with E-state index >= 15 is 0 Å². The first-order chi connectivity index (χ1) is 23.2. The van der Waals surface area contributed by atoms with Gasteiger partial charge in [0.2, 0.25) is 0 Å². The number of carbonyl (C=O) groups excluding carboxylic acids is 4. The van der Waals surface area contributed by atoms with Crippen molar-refractivity contribution in [3.05, 3.63) is 76.0 Å². The van der Waals surface area contributed by atoms with Gasteiger partial charge in [-0.25, -0.2) is 4.79 Å². The molecule has 0 radical (unpaired) electrons. The van der Waals surface area contributed by atoms with Crippen LogP contribution < -0.4 is 5.36 Å². The van der Waals surface area contributed by atoms with E-state index in [-0.39, 0.29) is 43.0 Å². The molecule has 2 aromatic rings. The number of imide groups is 1. The maximum absolute atomic E-state index is 14.2. The minimum absolute atomic E-state index is 0.0171. The Morgan fingerprint density at radius 3 is 2.40 bits per heavy atom. The summed E-state index contributed by atoms with van der Waals surface area (Å²) in [5.41, 5.74) is 4.29. The number of rotatable bonds is 10. The monoisotopic (exact) mass is 613 g/mol. The molecule has 2 aromatic carbocycles. The van der Waals surface area contributed by atoms with Crippen LogP contribution in [0.2, 0.25) is 0 Å². The molecule has 0 spiro atoms. The van der Waals surface area contributed by atoms with E-state index in [0.29, 0.717) is 58.7 Å². The maximum Gasteiger partial charge on any atom is 0.333 e. The van der Waals surface area contributed by atoms with Gasteiger partial charge in [0, 0.05) is 67.5 Å². The van der Waals surface area contributed by atoms with E-state index < -0.39 is 41.8 Å². The molecule has 0 N–H and O–H groups in total. The maximum atomic E-state index is 14.2. The van der Waals surface area contributed by atoms with Crippen LogP contribution in [0.1, 0.15) is 78.0 Å². The van der Waals surface area contributed by atoms with Crippen LogP contribution in [0.4, 0.5) is 0 Å². The Hall–Kier alpha value is -4.79. The number of aryl methyl sites for hydroxylation is 3. The Labute approximate surface area is 268 Å². The lowest BCUT2D eigenvalue weighted by Crippen LogP contribution is -2.32. The van der Waals surface area contributed by atoms with Gasteiger partial charge in [0.05, 0.1) is 10.8 Å². The van der Waals surface area contributed by atoms with Crippen LogP contribution in [0, 0.1) is 20.8 Å². The van der Waals surface area contributed by atoms with Crippen LogP contribution in [-0.2, 0) is 19.2 Å². The predicted octanol–water partition coefficient (Wildman–Crippen LogP) is 6.29. The average molecular weight is 614 g/mol. The van der Waals surface area contributed by atoms with E-state index in [0.717, 1.165) is 22.0 Å². The summed E-state index contributed by atoms with van der Waals surface area (Å²) in [5, 5.41) is 1.87. The summed E-state index contributed by atoms with van der Waals surface area (Å²) in [7, 11) is 1.57. The van der Waals surface area contributed by atoms with Crippen molar-refractivity contribution < 1.29 is 33.9 Å². The van der Waals surface area contributed by atoms with Crippen molar-refractivity contribution in [2.45, 2.75) is 66.2 Å². The van der Waals surface area contributed by atoms with Crippen LogP contribution >= 0.6 is 0 Å². The van der Waals surface area contributed by atoms with E-state index in [1.807, 2.05) is 52.0 Å². The highest BCUT2D eigenvalue weighted by atomic mass is 16.7. The number of hydroxylamine groups is 2. The van der Waals surface area contributed by atoms with Gasteiger partial charge in [-0.3, -0.25) is 19.4 Å². The third kappa shape index (κ3) is 6.67. The van der Waals surface area contributed by atoms with Gasteiger partial charge in [0.1, 0.15) is 11.3 Å². The molecule has 0 atom stereocenters. The minimum Gasteiger partial charge on any atom is -0.456 e. The molecular weight excluding hydrogens is 570 g/mol. The van der Waals surface area contributed by atoms with Gasteiger partial charge in [-0.1, -0.05) is 24.5 Å². The second-order valence-electron chi connectivity index (χ2n) is 11.4. The summed E-state index contributed by atoms with van der Waals surface area (Å²) >= 11 is 0. The fourth-order valence-electron chi connectivity index (χ4n) is 5.45. The van der Waals surface area contributed by atoms with E-state index in [9.17, 15) is 19.2 Å². The van der Waals surface area contributed by atoms with Crippen molar-refractivity contribution in [3.8, 4) is 22.5 Å². The predicted molar refractivity (Wildman–Crippen MR) is 171 cm³/mol. The number of hydrogen-bond donors (Lipinski definition) is 0. The normalized spacial score (nSPS) is 15.0. The number of nitrogens with zero attached hydrogens (tertiary/aromatic N) is 3. The molecule has 0 bridgehead atoms. The molecular formula is C36H39N3O6. The van der Waals surface area contributed by atoms with Gasteiger partial charge in [-0.2, -0.15) is 0 Å². The van der Waals surface area contributed by atoms with Crippen molar-refractivity contribution in [1.29, 1.82) is 0 Å². The molecule has 1 saturated heterocycles. The van der Waals surface area contributed by atoms with Gasteiger partial charge in [0.25, 0.3) is 17.7 Å². The van der Waals surface area contributed by atoms with E-state index in [1.165, 1.54) is 4.90 Å². The lowest BCUT2D eigenvalue weighted by Gasteiger charge is -2.22. The fraction of sp³-hybridized carbons (Fsp3) is 0.361. The molecule has 0 saturated carbocycles. The average Bonchev–Trinajstić information content (AvgIpc) is 3.37. The molecule has 234 valence electrons. The Bertz CT molecular complexity index is 2040. The molecule has 2 aliphatic heterocycles. The highest BCUT2D eigenvalue weighted by Gasteiger charge is 2.32. The number of benzene rings is 3. The molecule has 0 unspecified atom stereocenters. The molecule has 9 heteroatoms. The highest BCUT2D eigenvalue weighted by Crippen LogP contribution is 2.42. The lowest BCUT2D eigenvalue weighted by molar-refractivity contribution is -0.197. The lowest BCUT2D eigenvalue weighted by atomic mass is 9.88. The number of amides is 3. The summed E-state index contributed by atoms with van der Waals surface area (Å²) in [6.45, 7) is 8.55. The van der Waals surface area contributed by atoms with E-state index in [2.05, 4.69) is 4.99 Å². The first kappa shape index (κ1) is 26.6. The second kappa shape index (κ2) is 13.5. The van der Waals surface area contributed by atoms with Crippen LogP contribution in [0.15, 0.2) is 57.8 Å². The first-order valence-corrected chi connectivity index (χ1v) is 15.2. The quantitative estimate of drug-likeness (QED) is 0.118. The van der Waals surface area contributed by atoms with Crippen molar-refractivity contribution in [2.24, 2.45) is 4.99 Å². The van der Waals surface area contributed by atoms with Crippen LogP contribution in [0.25, 0.3) is 33.4 Å². The summed E-state index contributed by atoms with van der Waals surface area (Å²) in [5.74, 6) is -1.88. The van der Waals surface area contributed by atoms with Gasteiger partial charge in [0.15, 0.2) is 0 Å². The number of carbonyl (C=O) groups is 4. The zero-order chi connectivity index (χ0) is 35.7. The Kier molecular flexibility index (Phi) is 7.96. The number of unbranched alkanes of at least 4 members (excludes halogenated alkanes) is 2. The number of hydrogen-bond acceptors (Lipinski definition) is 7. The third-order valence-corrected chi connectivity index (χ3v) is 8.05. The van der Waals surface area contributed by atoms with E-state index in [4.69, 9.17) is 14.7 Å². The Morgan fingerprint density at radius 2 is 1.67 bits per heavy atom. The van der Waals surface area contributed by atoms with Crippen LogP contribution in [-0.4, -0.2) is 53.8 Å². The SMILES string of the molecule is [2H]c1c([2H])c([2H])c(-c2c3cc(C)/c(=N\CC)cc-3oc3cc(C)c(C)cc23)c(C(=O)N(C)CCCCCC(=O)ON2C(=O)CCC2=O)c1[2H]. The topological polar surface area (TPSA) is 109 Å². The molecule has 3 amide bonds. The second-order valence-corrected chi connectivity index (χ2v) is 11.4.